The first kappa shape index (κ1) is 19.3. The number of aromatic nitrogens is 2. The molecule has 2 nitrogen and oxygen atoms in total. The lowest BCUT2D eigenvalue weighted by molar-refractivity contribution is 1.19. The van der Waals surface area contributed by atoms with E-state index in [9.17, 15) is 0 Å². The molecule has 3 heterocycles. The van der Waals surface area contributed by atoms with Gasteiger partial charge in [-0.25, -0.2) is 0 Å². The Kier molecular flexibility index (Phi) is 4.36. The number of pyridine rings is 1. The Bertz CT molecular complexity index is 1740. The maximum absolute atomic E-state index is 4.82. The van der Waals surface area contributed by atoms with E-state index in [1.165, 1.54) is 42.6 Å². The minimum atomic E-state index is 1.06. The zero-order valence-electron chi connectivity index (χ0n) is 18.3. The molecule has 0 aliphatic heterocycles. The molecule has 34 heavy (non-hydrogen) atoms. The van der Waals surface area contributed by atoms with E-state index < -0.39 is 0 Å². The molecule has 0 atom stereocenters. The Labute approximate surface area is 201 Å². The zero-order valence-corrected chi connectivity index (χ0v) is 19.2. The highest BCUT2D eigenvalue weighted by molar-refractivity contribution is 7.25. The highest BCUT2D eigenvalue weighted by Gasteiger charge is 2.19. The van der Waals surface area contributed by atoms with E-state index in [0.29, 0.717) is 0 Å². The summed E-state index contributed by atoms with van der Waals surface area (Å²) in [5.74, 6) is 0. The number of nitrogens with zero attached hydrogens (tertiary/aromatic N) is 2. The van der Waals surface area contributed by atoms with Gasteiger partial charge >= 0.3 is 0 Å². The predicted molar refractivity (Wildman–Crippen MR) is 145 cm³/mol. The lowest BCUT2D eigenvalue weighted by Gasteiger charge is -2.13. The summed E-state index contributed by atoms with van der Waals surface area (Å²) in [5.41, 5.74) is 8.18. The summed E-state index contributed by atoms with van der Waals surface area (Å²) in [4.78, 5) is 6.06. The molecule has 7 rings (SSSR count). The van der Waals surface area contributed by atoms with E-state index >= 15 is 0 Å². The summed E-state index contributed by atoms with van der Waals surface area (Å²) in [6.45, 7) is 0. The Morgan fingerprint density at radius 2 is 1.24 bits per heavy atom. The van der Waals surface area contributed by atoms with Gasteiger partial charge in [0.15, 0.2) is 0 Å². The first-order valence-corrected chi connectivity index (χ1v) is 12.2. The Morgan fingerprint density at radius 1 is 0.588 bits per heavy atom. The fourth-order valence-corrected chi connectivity index (χ4v) is 6.13. The van der Waals surface area contributed by atoms with Gasteiger partial charge in [0.1, 0.15) is 4.83 Å². The molecule has 7 aromatic rings. The van der Waals surface area contributed by atoms with Crippen molar-refractivity contribution in [3.05, 3.63) is 121 Å². The largest absolute Gasteiger partial charge is 0.299 e. The standard InChI is InChI=1S/C31H20N2S/c1-3-10-21(11-4-1)23-18-24(22-12-5-2-6-13-22)20-25(19-23)33-27-15-9-17-32-30(27)29-26-14-7-8-16-28(26)34-31(29)33/h1-20H. The topological polar surface area (TPSA) is 17.8 Å². The molecule has 0 bridgehead atoms. The Hall–Kier alpha value is -4.21. The predicted octanol–water partition coefficient (Wildman–Crippen LogP) is 8.73. The van der Waals surface area contributed by atoms with Gasteiger partial charge in [-0.15, -0.1) is 11.3 Å². The summed E-state index contributed by atoms with van der Waals surface area (Å²) >= 11 is 1.84. The molecule has 4 aromatic carbocycles. The van der Waals surface area contributed by atoms with Crippen molar-refractivity contribution >= 4 is 42.7 Å². The number of rotatable bonds is 3. The van der Waals surface area contributed by atoms with Crippen molar-refractivity contribution in [3.63, 3.8) is 0 Å². The summed E-state index contributed by atoms with van der Waals surface area (Å²) in [6.07, 6.45) is 1.90. The quantitative estimate of drug-likeness (QED) is 0.262. The highest BCUT2D eigenvalue weighted by Crippen LogP contribution is 2.42. The summed E-state index contributed by atoms with van der Waals surface area (Å²) in [5, 5.41) is 2.51. The van der Waals surface area contributed by atoms with Crippen LogP contribution in [0.25, 0.3) is 59.3 Å². The third-order valence-corrected chi connectivity index (χ3v) is 7.59. The molecule has 160 valence electrons. The van der Waals surface area contributed by atoms with Crippen LogP contribution in [0.4, 0.5) is 0 Å². The first-order chi connectivity index (χ1) is 16.9. The molecule has 3 aromatic heterocycles. The number of benzene rings is 4. The van der Waals surface area contributed by atoms with Gasteiger partial charge in [-0.1, -0.05) is 78.9 Å². The van der Waals surface area contributed by atoms with E-state index in [-0.39, 0.29) is 0 Å². The van der Waals surface area contributed by atoms with Crippen molar-refractivity contribution in [2.24, 2.45) is 0 Å². The molecular weight excluding hydrogens is 432 g/mol. The van der Waals surface area contributed by atoms with Gasteiger partial charge in [-0.05, 0) is 58.7 Å². The van der Waals surface area contributed by atoms with Gasteiger partial charge in [0.05, 0.1) is 11.0 Å². The number of thiophene rings is 1. The minimum Gasteiger partial charge on any atom is -0.299 e. The average molecular weight is 453 g/mol. The Morgan fingerprint density at radius 3 is 1.94 bits per heavy atom. The van der Waals surface area contributed by atoms with Crippen molar-refractivity contribution in [3.8, 4) is 27.9 Å². The molecule has 0 N–H and O–H groups in total. The van der Waals surface area contributed by atoms with Crippen molar-refractivity contribution in [2.75, 3.05) is 0 Å². The highest BCUT2D eigenvalue weighted by atomic mass is 32.1. The molecule has 0 amide bonds. The SMILES string of the molecule is c1ccc(-c2cc(-c3ccccc3)cc(-n3c4cccnc4c4c5ccccc5sc43)c2)cc1. The normalized spacial score (nSPS) is 11.5. The summed E-state index contributed by atoms with van der Waals surface area (Å²) < 4.78 is 3.68. The number of fused-ring (bicyclic) bond motifs is 5. The van der Waals surface area contributed by atoms with E-state index in [4.69, 9.17) is 4.98 Å². The smallest absolute Gasteiger partial charge is 0.111 e. The van der Waals surface area contributed by atoms with Crippen molar-refractivity contribution < 1.29 is 0 Å². The van der Waals surface area contributed by atoms with Gasteiger partial charge in [0, 0.05) is 27.4 Å². The monoisotopic (exact) mass is 452 g/mol. The van der Waals surface area contributed by atoms with Crippen LogP contribution in [0.3, 0.4) is 0 Å². The van der Waals surface area contributed by atoms with Gasteiger partial charge in [0.25, 0.3) is 0 Å². The second-order valence-electron chi connectivity index (χ2n) is 8.49. The van der Waals surface area contributed by atoms with Crippen LogP contribution < -0.4 is 0 Å². The van der Waals surface area contributed by atoms with Crippen LogP contribution in [0.5, 0.6) is 0 Å². The van der Waals surface area contributed by atoms with Crippen LogP contribution in [0.15, 0.2) is 121 Å². The van der Waals surface area contributed by atoms with Crippen LogP contribution in [0.2, 0.25) is 0 Å². The van der Waals surface area contributed by atoms with Gasteiger partial charge < -0.3 is 0 Å². The molecule has 0 saturated carbocycles. The van der Waals surface area contributed by atoms with Crippen LogP contribution >= 0.6 is 11.3 Å². The van der Waals surface area contributed by atoms with E-state index in [1.54, 1.807) is 0 Å². The van der Waals surface area contributed by atoms with Crippen LogP contribution in [-0.4, -0.2) is 9.55 Å². The fraction of sp³-hybridized carbons (Fsp3) is 0. The minimum absolute atomic E-state index is 1.06. The van der Waals surface area contributed by atoms with Gasteiger partial charge in [-0.2, -0.15) is 0 Å². The molecule has 0 radical (unpaired) electrons. The van der Waals surface area contributed by atoms with Crippen molar-refractivity contribution in [2.45, 2.75) is 0 Å². The van der Waals surface area contributed by atoms with E-state index in [1.807, 2.05) is 23.6 Å². The van der Waals surface area contributed by atoms with Gasteiger partial charge in [-0.3, -0.25) is 9.55 Å². The first-order valence-electron chi connectivity index (χ1n) is 11.4. The number of hydrogen-bond donors (Lipinski definition) is 0. The second kappa shape index (κ2) is 7.68. The van der Waals surface area contributed by atoms with Crippen molar-refractivity contribution in [1.29, 1.82) is 0 Å². The molecule has 0 aliphatic rings. The second-order valence-corrected chi connectivity index (χ2v) is 9.52. The summed E-state index contributed by atoms with van der Waals surface area (Å²) in [7, 11) is 0. The third-order valence-electron chi connectivity index (χ3n) is 6.43. The zero-order chi connectivity index (χ0) is 22.5. The van der Waals surface area contributed by atoms with Crippen molar-refractivity contribution in [1.82, 2.24) is 9.55 Å². The van der Waals surface area contributed by atoms with Crippen LogP contribution in [-0.2, 0) is 0 Å². The Balaban J connectivity index is 1.59. The molecule has 0 unspecified atom stereocenters. The van der Waals surface area contributed by atoms with Crippen LogP contribution in [0, 0.1) is 0 Å². The molecule has 0 aliphatic carbocycles. The summed E-state index contributed by atoms with van der Waals surface area (Å²) in [6, 6.07) is 41.0. The van der Waals surface area contributed by atoms with E-state index in [0.717, 1.165) is 16.7 Å². The third kappa shape index (κ3) is 2.98. The molecular formula is C31H20N2S. The van der Waals surface area contributed by atoms with Crippen LogP contribution in [0.1, 0.15) is 0 Å². The molecule has 3 heteroatoms. The lowest BCUT2D eigenvalue weighted by atomic mass is 9.98. The molecule has 0 spiro atoms. The fourth-order valence-electron chi connectivity index (χ4n) is 4.89. The molecule has 0 fully saturated rings. The number of hydrogen-bond acceptors (Lipinski definition) is 2. The molecule has 0 saturated heterocycles. The van der Waals surface area contributed by atoms with Gasteiger partial charge in [0.2, 0.25) is 0 Å². The average Bonchev–Trinajstić information content (AvgIpc) is 3.44. The lowest BCUT2D eigenvalue weighted by Crippen LogP contribution is -1.95. The maximum Gasteiger partial charge on any atom is 0.111 e. The maximum atomic E-state index is 4.82. The van der Waals surface area contributed by atoms with E-state index in [2.05, 4.69) is 114 Å².